The molecule has 0 unspecified atom stereocenters. The van der Waals surface area contributed by atoms with E-state index in [2.05, 4.69) is 15.0 Å². The van der Waals surface area contributed by atoms with Gasteiger partial charge in [0, 0.05) is 42.3 Å². The number of hydrogen-bond acceptors (Lipinski definition) is 9. The standard InChI is InChI=1S/C15H26N6O6/c1-11(22)20(9-26-5)14-16-13(19(7-24-3)8-25-4)17-15(18-14)21(10-27-6)12(2)23/h7-10H2,1-6H3/p+1. The van der Waals surface area contributed by atoms with Gasteiger partial charge in [0.25, 0.3) is 5.91 Å². The smallest absolute Gasteiger partial charge is 0.334 e. The summed E-state index contributed by atoms with van der Waals surface area (Å²) in [4.78, 5) is 39.7. The molecular weight excluding hydrogens is 360 g/mol. The molecule has 1 aromatic heterocycles. The van der Waals surface area contributed by atoms with E-state index in [-0.39, 0.29) is 56.6 Å². The third-order valence-electron chi connectivity index (χ3n) is 3.28. The van der Waals surface area contributed by atoms with Gasteiger partial charge in [0.05, 0.1) is 0 Å². The number of carbonyl (C=O) groups excluding carboxylic acids is 2. The van der Waals surface area contributed by atoms with Crippen molar-refractivity contribution in [2.24, 2.45) is 0 Å². The van der Waals surface area contributed by atoms with E-state index in [4.69, 9.17) is 18.9 Å². The van der Waals surface area contributed by atoms with Crippen molar-refractivity contribution in [1.29, 1.82) is 0 Å². The van der Waals surface area contributed by atoms with Gasteiger partial charge in [-0.15, -0.1) is 0 Å². The Hall–Kier alpha value is -2.41. The molecule has 1 aromatic rings. The topological polar surface area (TPSA) is 121 Å². The first kappa shape index (κ1) is 22.6. The summed E-state index contributed by atoms with van der Waals surface area (Å²) in [5.41, 5.74) is 0. The Labute approximate surface area is 158 Å². The molecule has 1 rings (SSSR count). The largest absolute Gasteiger partial charge is 0.364 e. The van der Waals surface area contributed by atoms with Crippen molar-refractivity contribution < 1.29 is 33.5 Å². The summed E-state index contributed by atoms with van der Waals surface area (Å²) in [7, 11) is 5.94. The lowest BCUT2D eigenvalue weighted by molar-refractivity contribution is -0.359. The lowest BCUT2D eigenvalue weighted by Gasteiger charge is -2.21. The maximum Gasteiger partial charge on any atom is 0.334 e. The molecule has 0 aromatic carbocycles. The van der Waals surface area contributed by atoms with E-state index in [1.807, 2.05) is 0 Å². The van der Waals surface area contributed by atoms with Gasteiger partial charge in [-0.05, 0) is 0 Å². The summed E-state index contributed by atoms with van der Waals surface area (Å²) in [5.74, 6) is -0.166. The molecule has 0 atom stereocenters. The van der Waals surface area contributed by atoms with Crippen LogP contribution in [0.15, 0.2) is 0 Å². The Morgan fingerprint density at radius 3 is 1.67 bits per heavy atom. The van der Waals surface area contributed by atoms with Crippen molar-refractivity contribution in [3.63, 3.8) is 0 Å². The summed E-state index contributed by atoms with van der Waals surface area (Å²) in [6.07, 6.45) is 0. The molecule has 152 valence electrons. The van der Waals surface area contributed by atoms with Crippen LogP contribution in [-0.4, -0.2) is 77.1 Å². The van der Waals surface area contributed by atoms with Crippen LogP contribution in [0.2, 0.25) is 0 Å². The molecule has 0 aliphatic carbocycles. The van der Waals surface area contributed by atoms with Crippen LogP contribution in [0.4, 0.5) is 17.8 Å². The van der Waals surface area contributed by atoms with Crippen molar-refractivity contribution in [2.75, 3.05) is 70.1 Å². The number of nitrogens with one attached hydrogen (secondary N) is 1. The fraction of sp³-hybridized carbons (Fsp3) is 0.667. The molecule has 0 saturated carbocycles. The minimum atomic E-state index is -0.328. The van der Waals surface area contributed by atoms with E-state index in [1.54, 1.807) is 4.90 Å². The first-order chi connectivity index (χ1) is 12.9. The summed E-state index contributed by atoms with van der Waals surface area (Å²) in [6, 6.07) is 0. The van der Waals surface area contributed by atoms with E-state index >= 15 is 0 Å². The number of amides is 2. The van der Waals surface area contributed by atoms with Crippen LogP contribution in [0.1, 0.15) is 13.8 Å². The van der Waals surface area contributed by atoms with E-state index in [1.165, 1.54) is 52.1 Å². The molecule has 0 aliphatic rings. The average Bonchev–Trinajstić information content (AvgIpc) is 2.63. The van der Waals surface area contributed by atoms with Crippen LogP contribution in [0.5, 0.6) is 0 Å². The maximum absolute atomic E-state index is 12.0. The Balaban J connectivity index is 3.52. The molecule has 0 aliphatic heterocycles. The number of anilines is 3. The third-order valence-corrected chi connectivity index (χ3v) is 3.28. The first-order valence-corrected chi connectivity index (χ1v) is 7.97. The highest BCUT2D eigenvalue weighted by Crippen LogP contribution is 2.16. The first-order valence-electron chi connectivity index (χ1n) is 7.97. The highest BCUT2D eigenvalue weighted by Gasteiger charge is 2.29. The van der Waals surface area contributed by atoms with Gasteiger partial charge < -0.3 is 18.9 Å². The second-order valence-electron chi connectivity index (χ2n) is 5.40. The second kappa shape index (κ2) is 11.3. The van der Waals surface area contributed by atoms with Crippen LogP contribution in [-0.2, 0) is 28.5 Å². The van der Waals surface area contributed by atoms with Crippen molar-refractivity contribution in [3.05, 3.63) is 0 Å². The highest BCUT2D eigenvalue weighted by atomic mass is 16.5. The van der Waals surface area contributed by atoms with E-state index in [0.717, 1.165) is 0 Å². The van der Waals surface area contributed by atoms with Crippen molar-refractivity contribution in [2.45, 2.75) is 13.8 Å². The molecule has 0 spiro atoms. The number of nitrogens with zero attached hydrogens (tertiary/aromatic N) is 5. The normalized spacial score (nSPS) is 10.6. The minimum absolute atomic E-state index is 0.0410. The zero-order valence-corrected chi connectivity index (χ0v) is 16.5. The molecular formula is C15H27N6O6+. The van der Waals surface area contributed by atoms with Gasteiger partial charge in [0.1, 0.15) is 6.73 Å². The SMILES string of the molecule is COCN(COC)c1nc(N(COC)C(C)=O)nc(N(COC)C(C)=O)[nH+]1. The summed E-state index contributed by atoms with van der Waals surface area (Å²) in [5, 5.41) is 0. The van der Waals surface area contributed by atoms with Crippen LogP contribution in [0.25, 0.3) is 0 Å². The van der Waals surface area contributed by atoms with Gasteiger partial charge in [-0.2, -0.15) is 0 Å². The van der Waals surface area contributed by atoms with E-state index in [9.17, 15) is 9.59 Å². The van der Waals surface area contributed by atoms with Crippen LogP contribution in [0.3, 0.4) is 0 Å². The number of aromatic amines is 1. The Morgan fingerprint density at radius 1 is 0.778 bits per heavy atom. The molecule has 0 fully saturated rings. The molecule has 12 nitrogen and oxygen atoms in total. The fourth-order valence-corrected chi connectivity index (χ4v) is 2.09. The quantitative estimate of drug-likeness (QED) is 0.450. The lowest BCUT2D eigenvalue weighted by atomic mass is 10.5. The average molecular weight is 387 g/mol. The monoisotopic (exact) mass is 387 g/mol. The zero-order chi connectivity index (χ0) is 20.4. The van der Waals surface area contributed by atoms with Gasteiger partial charge in [0.2, 0.25) is 5.91 Å². The molecule has 1 heterocycles. The number of carbonyl (C=O) groups is 2. The van der Waals surface area contributed by atoms with Gasteiger partial charge in [-0.3, -0.25) is 9.59 Å². The molecule has 0 bridgehead atoms. The number of H-pyrrole nitrogens is 1. The lowest BCUT2D eigenvalue weighted by Crippen LogP contribution is -2.42. The zero-order valence-electron chi connectivity index (χ0n) is 16.5. The number of methoxy groups -OCH3 is 4. The fourth-order valence-electron chi connectivity index (χ4n) is 2.09. The van der Waals surface area contributed by atoms with Crippen LogP contribution >= 0.6 is 0 Å². The molecule has 1 N–H and O–H groups in total. The van der Waals surface area contributed by atoms with Crippen LogP contribution in [0, 0.1) is 0 Å². The van der Waals surface area contributed by atoms with Crippen molar-refractivity contribution in [1.82, 2.24) is 9.97 Å². The Kier molecular flexibility index (Phi) is 9.50. The third kappa shape index (κ3) is 6.36. The van der Waals surface area contributed by atoms with Gasteiger partial charge in [-0.1, -0.05) is 9.97 Å². The van der Waals surface area contributed by atoms with E-state index < -0.39 is 0 Å². The predicted molar refractivity (Wildman–Crippen MR) is 94.9 cm³/mol. The molecule has 27 heavy (non-hydrogen) atoms. The van der Waals surface area contributed by atoms with E-state index in [0.29, 0.717) is 0 Å². The number of ether oxygens (including phenoxy) is 4. The number of rotatable bonds is 11. The maximum atomic E-state index is 12.0. The summed E-state index contributed by atoms with van der Waals surface area (Å²) >= 11 is 0. The molecule has 0 radical (unpaired) electrons. The molecule has 2 amide bonds. The molecule has 12 heteroatoms. The Bertz CT molecular complexity index is 583. The summed E-state index contributed by atoms with van der Waals surface area (Å²) < 4.78 is 20.4. The van der Waals surface area contributed by atoms with Crippen LogP contribution < -0.4 is 19.7 Å². The highest BCUT2D eigenvalue weighted by molar-refractivity contribution is 5.91. The number of aromatic nitrogens is 3. The van der Waals surface area contributed by atoms with Gasteiger partial charge in [-0.25, -0.2) is 19.7 Å². The van der Waals surface area contributed by atoms with Crippen molar-refractivity contribution >= 4 is 29.7 Å². The predicted octanol–water partition coefficient (Wildman–Crippen LogP) is -0.781. The number of hydrogen-bond donors (Lipinski definition) is 0. The second-order valence-corrected chi connectivity index (χ2v) is 5.40. The summed E-state index contributed by atoms with van der Waals surface area (Å²) in [6.45, 7) is 2.92. The minimum Gasteiger partial charge on any atom is -0.364 e. The Morgan fingerprint density at radius 2 is 1.22 bits per heavy atom. The van der Waals surface area contributed by atoms with Gasteiger partial charge in [0.15, 0.2) is 20.2 Å². The van der Waals surface area contributed by atoms with Crippen molar-refractivity contribution in [3.8, 4) is 0 Å². The molecule has 0 saturated heterocycles. The van der Waals surface area contributed by atoms with Gasteiger partial charge >= 0.3 is 17.8 Å².